The van der Waals surface area contributed by atoms with E-state index in [1.54, 1.807) is 18.2 Å². The van der Waals surface area contributed by atoms with Crippen molar-refractivity contribution in [2.75, 3.05) is 13.1 Å². The van der Waals surface area contributed by atoms with E-state index in [0.717, 1.165) is 0 Å². The molecule has 0 atom stereocenters. The number of hydrogen-bond donors (Lipinski definition) is 2. The lowest BCUT2D eigenvalue weighted by molar-refractivity contribution is -0.119. The van der Waals surface area contributed by atoms with Gasteiger partial charge in [0.25, 0.3) is 10.0 Å². The van der Waals surface area contributed by atoms with Crippen LogP contribution in [0.1, 0.15) is 5.56 Å². The number of rotatable bonds is 4. The summed E-state index contributed by atoms with van der Waals surface area (Å²) in [5.41, 5.74) is 0.477. The standard InChI is InChI=1S/C12H12BrN3O3S/c1-8(13)6-14-11(17)7-15-12-9-4-2-3-5-10(9)20(18,19)16-12/h2-5H,1,6-7H2,(H,14,17)(H,15,16). The van der Waals surface area contributed by atoms with Crippen LogP contribution in [0.5, 0.6) is 0 Å². The molecule has 0 fully saturated rings. The molecule has 1 aromatic rings. The molecule has 2 rings (SSSR count). The Morgan fingerprint density at radius 3 is 2.80 bits per heavy atom. The van der Waals surface area contributed by atoms with Crippen molar-refractivity contribution in [3.05, 3.63) is 40.9 Å². The van der Waals surface area contributed by atoms with Crippen LogP contribution >= 0.6 is 15.9 Å². The van der Waals surface area contributed by atoms with E-state index in [-0.39, 0.29) is 23.2 Å². The summed E-state index contributed by atoms with van der Waals surface area (Å²) in [6.45, 7) is 3.73. The van der Waals surface area contributed by atoms with Gasteiger partial charge in [0.15, 0.2) is 0 Å². The van der Waals surface area contributed by atoms with Gasteiger partial charge in [-0.2, -0.15) is 0 Å². The second-order valence-electron chi connectivity index (χ2n) is 4.06. The molecule has 0 radical (unpaired) electrons. The molecule has 0 unspecified atom stereocenters. The van der Waals surface area contributed by atoms with Crippen LogP contribution in [-0.2, 0) is 14.8 Å². The zero-order valence-electron chi connectivity index (χ0n) is 10.4. The van der Waals surface area contributed by atoms with Crippen molar-refractivity contribution in [2.45, 2.75) is 4.90 Å². The molecular weight excluding hydrogens is 346 g/mol. The summed E-state index contributed by atoms with van der Waals surface area (Å²) in [6.07, 6.45) is 0. The van der Waals surface area contributed by atoms with Crippen molar-refractivity contribution < 1.29 is 13.2 Å². The van der Waals surface area contributed by atoms with Gasteiger partial charge in [-0.05, 0) is 12.1 Å². The van der Waals surface area contributed by atoms with Crippen molar-refractivity contribution in [3.63, 3.8) is 0 Å². The van der Waals surface area contributed by atoms with Crippen LogP contribution in [0, 0.1) is 0 Å². The highest BCUT2D eigenvalue weighted by atomic mass is 79.9. The van der Waals surface area contributed by atoms with Gasteiger partial charge in [-0.3, -0.25) is 14.5 Å². The number of halogens is 1. The summed E-state index contributed by atoms with van der Waals surface area (Å²) in [7, 11) is -3.56. The smallest absolute Gasteiger partial charge is 0.263 e. The molecule has 2 N–H and O–H groups in total. The number of benzene rings is 1. The minimum absolute atomic E-state index is 0.160. The van der Waals surface area contributed by atoms with Gasteiger partial charge in [0.1, 0.15) is 12.4 Å². The molecule has 1 aliphatic rings. The number of amidine groups is 1. The molecule has 1 aromatic carbocycles. The second-order valence-corrected chi connectivity index (χ2v) is 6.83. The van der Waals surface area contributed by atoms with Crippen LogP contribution < -0.4 is 10.0 Å². The summed E-state index contributed by atoms with van der Waals surface area (Å²) in [5.74, 6) is -0.130. The van der Waals surface area contributed by atoms with Crippen LogP contribution in [0.15, 0.2) is 45.2 Å². The maximum Gasteiger partial charge on any atom is 0.263 e. The van der Waals surface area contributed by atoms with E-state index in [9.17, 15) is 13.2 Å². The van der Waals surface area contributed by atoms with Crippen molar-refractivity contribution >= 4 is 37.7 Å². The molecule has 106 valence electrons. The largest absolute Gasteiger partial charge is 0.350 e. The number of carbonyl (C=O) groups is 1. The molecule has 1 heterocycles. The minimum Gasteiger partial charge on any atom is -0.350 e. The van der Waals surface area contributed by atoms with Gasteiger partial charge in [-0.15, -0.1) is 0 Å². The van der Waals surface area contributed by atoms with Gasteiger partial charge >= 0.3 is 0 Å². The molecular formula is C12H12BrN3O3S. The van der Waals surface area contributed by atoms with E-state index in [0.29, 0.717) is 16.6 Å². The first-order valence-electron chi connectivity index (χ1n) is 5.67. The third kappa shape index (κ3) is 3.26. The molecule has 1 aliphatic heterocycles. The van der Waals surface area contributed by atoms with E-state index in [1.165, 1.54) is 6.07 Å². The number of nitrogens with one attached hydrogen (secondary N) is 2. The topological polar surface area (TPSA) is 87.6 Å². The number of amides is 1. The fraction of sp³-hybridized carbons (Fsp3) is 0.167. The van der Waals surface area contributed by atoms with Gasteiger partial charge < -0.3 is 5.32 Å². The van der Waals surface area contributed by atoms with Crippen molar-refractivity contribution in [3.8, 4) is 0 Å². The number of hydrogen-bond acceptors (Lipinski definition) is 4. The maximum absolute atomic E-state index is 11.8. The Kier molecular flexibility index (Phi) is 4.24. The molecule has 6 nitrogen and oxygen atoms in total. The molecule has 1 amide bonds. The summed E-state index contributed by atoms with van der Waals surface area (Å²) in [4.78, 5) is 15.7. The number of carbonyl (C=O) groups excluding carboxylic acids is 1. The first kappa shape index (κ1) is 14.7. The Morgan fingerprint density at radius 2 is 2.10 bits per heavy atom. The molecule has 0 aliphatic carbocycles. The lowest BCUT2D eigenvalue weighted by Crippen LogP contribution is -2.29. The monoisotopic (exact) mass is 357 g/mol. The van der Waals surface area contributed by atoms with E-state index >= 15 is 0 Å². The van der Waals surface area contributed by atoms with E-state index in [4.69, 9.17) is 0 Å². The molecule has 0 aromatic heterocycles. The van der Waals surface area contributed by atoms with Crippen LogP contribution in [0.2, 0.25) is 0 Å². The molecule has 8 heteroatoms. The lowest BCUT2D eigenvalue weighted by atomic mass is 10.2. The minimum atomic E-state index is -3.56. The average molecular weight is 358 g/mol. The van der Waals surface area contributed by atoms with E-state index < -0.39 is 10.0 Å². The Balaban J connectivity index is 2.13. The Morgan fingerprint density at radius 1 is 1.40 bits per heavy atom. The normalized spacial score (nSPS) is 17.4. The van der Waals surface area contributed by atoms with Crippen molar-refractivity contribution in [2.24, 2.45) is 4.99 Å². The number of nitrogens with zero attached hydrogens (tertiary/aromatic N) is 1. The predicted octanol–water partition coefficient (Wildman–Crippen LogP) is 0.750. The number of aliphatic imine (C=N–C) groups is 1. The number of fused-ring (bicyclic) bond motifs is 1. The zero-order chi connectivity index (χ0) is 14.8. The van der Waals surface area contributed by atoms with E-state index in [1.807, 2.05) is 0 Å². The quantitative estimate of drug-likeness (QED) is 0.833. The fourth-order valence-electron chi connectivity index (χ4n) is 1.65. The summed E-state index contributed by atoms with van der Waals surface area (Å²) < 4.78 is 26.6. The Bertz CT molecular complexity index is 698. The molecule has 0 bridgehead atoms. The summed E-state index contributed by atoms with van der Waals surface area (Å²) in [5, 5.41) is 2.58. The average Bonchev–Trinajstić information content (AvgIpc) is 2.66. The van der Waals surface area contributed by atoms with Crippen LogP contribution in [0.25, 0.3) is 0 Å². The fourth-order valence-corrected chi connectivity index (χ4v) is 3.04. The Hall–Kier alpha value is -1.67. The van der Waals surface area contributed by atoms with Crippen molar-refractivity contribution in [1.29, 1.82) is 0 Å². The SMILES string of the molecule is C=C(Br)CNC(=O)CN=C1NS(=O)(=O)c2ccccc21. The predicted molar refractivity (Wildman–Crippen MR) is 79.2 cm³/mol. The lowest BCUT2D eigenvalue weighted by Gasteiger charge is -2.02. The molecule has 20 heavy (non-hydrogen) atoms. The van der Waals surface area contributed by atoms with Gasteiger partial charge in [0, 0.05) is 16.6 Å². The van der Waals surface area contributed by atoms with Crippen molar-refractivity contribution in [1.82, 2.24) is 10.0 Å². The highest BCUT2D eigenvalue weighted by molar-refractivity contribution is 9.11. The second kappa shape index (κ2) is 5.76. The molecule has 0 spiro atoms. The molecule has 0 saturated heterocycles. The van der Waals surface area contributed by atoms with E-state index in [2.05, 4.69) is 37.5 Å². The highest BCUT2D eigenvalue weighted by Gasteiger charge is 2.30. The number of sulfonamides is 1. The van der Waals surface area contributed by atoms with Crippen LogP contribution in [0.4, 0.5) is 0 Å². The van der Waals surface area contributed by atoms with Gasteiger partial charge in [-0.1, -0.05) is 34.6 Å². The highest BCUT2D eigenvalue weighted by Crippen LogP contribution is 2.21. The molecule has 0 saturated carbocycles. The van der Waals surface area contributed by atoms with Crippen LogP contribution in [-0.4, -0.2) is 33.3 Å². The Labute approximate surface area is 125 Å². The third-order valence-corrected chi connectivity index (χ3v) is 4.20. The first-order valence-corrected chi connectivity index (χ1v) is 7.94. The third-order valence-electron chi connectivity index (χ3n) is 2.52. The maximum atomic E-state index is 11.8. The van der Waals surface area contributed by atoms with Crippen LogP contribution in [0.3, 0.4) is 0 Å². The summed E-state index contributed by atoms with van der Waals surface area (Å²) in [6, 6.07) is 6.49. The van der Waals surface area contributed by atoms with Gasteiger partial charge in [0.05, 0.1) is 4.90 Å². The summed E-state index contributed by atoms with van der Waals surface area (Å²) >= 11 is 3.12. The van der Waals surface area contributed by atoms with Gasteiger partial charge in [0.2, 0.25) is 5.91 Å². The zero-order valence-corrected chi connectivity index (χ0v) is 12.8. The van der Waals surface area contributed by atoms with Gasteiger partial charge in [-0.25, -0.2) is 8.42 Å². The first-order chi connectivity index (χ1) is 9.40.